The molecule has 0 saturated carbocycles. The summed E-state index contributed by atoms with van der Waals surface area (Å²) in [6.07, 6.45) is 0. The zero-order valence-electron chi connectivity index (χ0n) is 8.85. The van der Waals surface area contributed by atoms with Gasteiger partial charge >= 0.3 is 0 Å². The molecule has 0 saturated heterocycles. The molecule has 0 radical (unpaired) electrons. The summed E-state index contributed by atoms with van der Waals surface area (Å²) in [5.74, 6) is 5.55. The summed E-state index contributed by atoms with van der Waals surface area (Å²) in [5.41, 5.74) is 0. The summed E-state index contributed by atoms with van der Waals surface area (Å²) in [6.45, 7) is 0. The lowest BCUT2D eigenvalue weighted by Gasteiger charge is -2.03. The quantitative estimate of drug-likeness (QED) is 0.385. The zero-order chi connectivity index (χ0) is 11.8. The molecule has 1 aromatic heterocycles. The number of nitrogens with zero attached hydrogens (tertiary/aromatic N) is 1. The molecular weight excluding hydrogens is 296 g/mol. The maximum absolute atomic E-state index is 5.55. The van der Waals surface area contributed by atoms with E-state index in [1.165, 1.54) is 9.40 Å². The minimum atomic E-state index is 0.857. The van der Waals surface area contributed by atoms with Gasteiger partial charge in [-0.15, -0.1) is 11.3 Å². The van der Waals surface area contributed by atoms with Crippen LogP contribution in [-0.2, 0) is 0 Å². The average Bonchev–Trinajstić information content (AvgIpc) is 2.36. The predicted molar refractivity (Wildman–Crippen MR) is 76.8 cm³/mol. The fourth-order valence-electron chi connectivity index (χ4n) is 1.93. The van der Waals surface area contributed by atoms with Crippen molar-refractivity contribution in [2.75, 3.05) is 0 Å². The van der Waals surface area contributed by atoms with Gasteiger partial charge in [0.25, 0.3) is 0 Å². The Labute approximate surface area is 111 Å². The third-order valence-electron chi connectivity index (χ3n) is 2.69. The Bertz CT molecular complexity index is 777. The first-order valence-corrected chi connectivity index (χ1v) is 6.75. The predicted octanol–water partition coefficient (Wildman–Crippen LogP) is 3.59. The van der Waals surface area contributed by atoms with Crippen molar-refractivity contribution >= 4 is 47.4 Å². The molecule has 0 aliphatic heterocycles. The highest BCUT2D eigenvalue weighted by Gasteiger charge is 2.04. The van der Waals surface area contributed by atoms with Crippen molar-refractivity contribution in [1.29, 1.82) is 0 Å². The van der Waals surface area contributed by atoms with Gasteiger partial charge < -0.3 is 5.84 Å². The summed E-state index contributed by atoms with van der Waals surface area (Å²) >= 11 is 5.24. The summed E-state index contributed by atoms with van der Waals surface area (Å²) in [5, 5.41) is 7.00. The number of rotatable bonds is 0. The van der Waals surface area contributed by atoms with E-state index in [2.05, 4.69) is 45.3 Å². The van der Waals surface area contributed by atoms with E-state index >= 15 is 0 Å². The number of fused-ring (bicyclic) bond motifs is 2. The molecule has 3 rings (SSSR count). The standard InChI is InChI=1S/C13H9BrN2S/c14-8-5-6-12-10(7-8)13(16-15)9-3-1-2-4-11(9)17-12/h1-7H,15H2/b16-13+. The molecule has 0 aliphatic rings. The van der Waals surface area contributed by atoms with Crippen LogP contribution in [0.3, 0.4) is 0 Å². The van der Waals surface area contributed by atoms with E-state index in [9.17, 15) is 0 Å². The van der Waals surface area contributed by atoms with Gasteiger partial charge in [-0.3, -0.25) is 0 Å². The Morgan fingerprint density at radius 1 is 1.00 bits per heavy atom. The topological polar surface area (TPSA) is 38.4 Å². The van der Waals surface area contributed by atoms with Gasteiger partial charge in [0.05, 0.1) is 5.36 Å². The number of hydrogen-bond acceptors (Lipinski definition) is 3. The number of nitrogens with two attached hydrogens (primary N) is 1. The monoisotopic (exact) mass is 304 g/mol. The SMILES string of the molecule is N/N=c1\c2ccccc2sc2ccc(Br)cc12. The molecule has 1 heterocycles. The van der Waals surface area contributed by atoms with Crippen LogP contribution in [0, 0.1) is 0 Å². The molecule has 2 nitrogen and oxygen atoms in total. The number of benzene rings is 2. The Morgan fingerprint density at radius 2 is 1.76 bits per heavy atom. The molecule has 4 heteroatoms. The third-order valence-corrected chi connectivity index (χ3v) is 4.33. The van der Waals surface area contributed by atoms with Crippen molar-refractivity contribution in [3.63, 3.8) is 0 Å². The van der Waals surface area contributed by atoms with E-state index in [0.29, 0.717) is 0 Å². The highest BCUT2D eigenvalue weighted by Crippen LogP contribution is 2.26. The molecular formula is C13H9BrN2S. The lowest BCUT2D eigenvalue weighted by atomic mass is 10.2. The van der Waals surface area contributed by atoms with Crippen LogP contribution in [-0.4, -0.2) is 0 Å². The minimum absolute atomic E-state index is 0.857. The molecule has 2 aromatic carbocycles. The van der Waals surface area contributed by atoms with Crippen LogP contribution in [0.4, 0.5) is 0 Å². The summed E-state index contributed by atoms with van der Waals surface area (Å²) in [7, 11) is 0. The van der Waals surface area contributed by atoms with Gasteiger partial charge in [0.2, 0.25) is 0 Å². The normalized spacial score (nSPS) is 12.4. The molecule has 0 unspecified atom stereocenters. The second-order valence-electron chi connectivity index (χ2n) is 3.72. The van der Waals surface area contributed by atoms with Gasteiger partial charge in [-0.25, -0.2) is 0 Å². The van der Waals surface area contributed by atoms with Gasteiger partial charge in [0, 0.05) is 24.6 Å². The van der Waals surface area contributed by atoms with Crippen LogP contribution < -0.4 is 11.2 Å². The summed E-state index contributed by atoms with van der Waals surface area (Å²) in [4.78, 5) is 0. The maximum atomic E-state index is 5.55. The van der Waals surface area contributed by atoms with E-state index in [4.69, 9.17) is 5.84 Å². The van der Waals surface area contributed by atoms with Gasteiger partial charge in [0.15, 0.2) is 0 Å². The molecule has 3 aromatic rings. The van der Waals surface area contributed by atoms with E-state index in [1.54, 1.807) is 11.3 Å². The van der Waals surface area contributed by atoms with E-state index in [0.717, 1.165) is 20.6 Å². The van der Waals surface area contributed by atoms with E-state index in [-0.39, 0.29) is 0 Å². The average molecular weight is 305 g/mol. The smallest absolute Gasteiger partial charge is 0.1000 e. The van der Waals surface area contributed by atoms with Crippen molar-refractivity contribution in [3.05, 3.63) is 52.3 Å². The van der Waals surface area contributed by atoms with E-state index < -0.39 is 0 Å². The zero-order valence-corrected chi connectivity index (χ0v) is 11.3. The molecule has 0 spiro atoms. The third kappa shape index (κ3) is 1.73. The van der Waals surface area contributed by atoms with Gasteiger partial charge in [0.1, 0.15) is 0 Å². The molecule has 0 aliphatic carbocycles. The van der Waals surface area contributed by atoms with Crippen LogP contribution in [0.2, 0.25) is 0 Å². The maximum Gasteiger partial charge on any atom is 0.1000 e. The Hall–Kier alpha value is -1.39. The molecule has 0 bridgehead atoms. The van der Waals surface area contributed by atoms with Crippen LogP contribution >= 0.6 is 27.3 Å². The molecule has 2 N–H and O–H groups in total. The fraction of sp³-hybridized carbons (Fsp3) is 0. The first-order chi connectivity index (χ1) is 8.29. The number of hydrogen-bond donors (Lipinski definition) is 1. The van der Waals surface area contributed by atoms with Crippen molar-refractivity contribution < 1.29 is 0 Å². The van der Waals surface area contributed by atoms with Crippen molar-refractivity contribution in [2.24, 2.45) is 10.9 Å². The molecule has 17 heavy (non-hydrogen) atoms. The first-order valence-electron chi connectivity index (χ1n) is 5.14. The van der Waals surface area contributed by atoms with Crippen LogP contribution in [0.1, 0.15) is 0 Å². The van der Waals surface area contributed by atoms with Crippen molar-refractivity contribution in [2.45, 2.75) is 0 Å². The Morgan fingerprint density at radius 3 is 2.59 bits per heavy atom. The fourth-order valence-corrected chi connectivity index (χ4v) is 3.35. The van der Waals surface area contributed by atoms with Crippen LogP contribution in [0.15, 0.2) is 52.0 Å². The van der Waals surface area contributed by atoms with Gasteiger partial charge in [-0.1, -0.05) is 34.1 Å². The van der Waals surface area contributed by atoms with Crippen molar-refractivity contribution in [1.82, 2.24) is 0 Å². The van der Waals surface area contributed by atoms with Crippen LogP contribution in [0.25, 0.3) is 20.2 Å². The summed E-state index contributed by atoms with van der Waals surface area (Å²) in [6, 6.07) is 14.4. The number of halogens is 1. The van der Waals surface area contributed by atoms with Gasteiger partial charge in [-0.2, -0.15) is 5.10 Å². The lowest BCUT2D eigenvalue weighted by molar-refractivity contribution is 1.17. The van der Waals surface area contributed by atoms with Crippen LogP contribution in [0.5, 0.6) is 0 Å². The largest absolute Gasteiger partial charge is 0.323 e. The highest BCUT2D eigenvalue weighted by molar-refractivity contribution is 9.10. The Kier molecular flexibility index (Phi) is 2.61. The van der Waals surface area contributed by atoms with Gasteiger partial charge in [-0.05, 0) is 24.3 Å². The second-order valence-corrected chi connectivity index (χ2v) is 5.72. The van der Waals surface area contributed by atoms with Crippen molar-refractivity contribution in [3.8, 4) is 0 Å². The summed E-state index contributed by atoms with van der Waals surface area (Å²) < 4.78 is 3.43. The first kappa shape index (κ1) is 10.7. The minimum Gasteiger partial charge on any atom is -0.323 e. The highest BCUT2D eigenvalue weighted by atomic mass is 79.9. The molecule has 0 atom stereocenters. The lowest BCUT2D eigenvalue weighted by Crippen LogP contribution is -2.07. The van der Waals surface area contributed by atoms with E-state index in [1.807, 2.05) is 18.2 Å². The molecule has 0 amide bonds. The molecule has 84 valence electrons. The Balaban J connectivity index is 2.65. The molecule has 0 fully saturated rings. The second kappa shape index (κ2) is 4.13.